The third kappa shape index (κ3) is 1.93. The largest absolute Gasteiger partial charge is 0.394 e. The second-order valence-corrected chi connectivity index (χ2v) is 6.07. The first-order valence-electron chi connectivity index (χ1n) is 7.23. The summed E-state index contributed by atoms with van der Waals surface area (Å²) in [6.07, 6.45) is -0.0450. The van der Waals surface area contributed by atoms with Crippen LogP contribution in [0.2, 0.25) is 0 Å². The van der Waals surface area contributed by atoms with Crippen molar-refractivity contribution in [2.75, 3.05) is 29.2 Å². The van der Waals surface area contributed by atoms with Gasteiger partial charge in [-0.05, 0) is 13.8 Å². The van der Waals surface area contributed by atoms with Crippen LogP contribution in [-0.4, -0.2) is 58.7 Å². The molecule has 0 spiro atoms. The second kappa shape index (κ2) is 4.66. The Hall–Kier alpha value is -1.68. The number of aromatic nitrogens is 2. The summed E-state index contributed by atoms with van der Waals surface area (Å²) < 4.78 is 17.8. The molecular weight excluding hydrogens is 290 g/mol. The Labute approximate surface area is 127 Å². The summed E-state index contributed by atoms with van der Waals surface area (Å²) in [5.74, 6) is 0.360. The topological polar surface area (TPSA) is 115 Å². The van der Waals surface area contributed by atoms with Crippen LogP contribution in [0, 0.1) is 0 Å². The lowest BCUT2D eigenvalue weighted by molar-refractivity contribution is -0.189. The molecule has 0 aliphatic carbocycles. The van der Waals surface area contributed by atoms with E-state index >= 15 is 0 Å². The lowest BCUT2D eigenvalue weighted by Crippen LogP contribution is -2.44. The van der Waals surface area contributed by atoms with Gasteiger partial charge in [0.1, 0.15) is 30.3 Å². The van der Waals surface area contributed by atoms with Crippen LogP contribution in [0.1, 0.15) is 13.8 Å². The minimum absolute atomic E-state index is 0.128. The van der Waals surface area contributed by atoms with Crippen molar-refractivity contribution in [1.29, 1.82) is 0 Å². The molecule has 9 heteroatoms. The Morgan fingerprint density at radius 1 is 1.41 bits per heavy atom. The summed E-state index contributed by atoms with van der Waals surface area (Å²) in [4.78, 5) is 10.2. The van der Waals surface area contributed by atoms with Crippen LogP contribution in [0.3, 0.4) is 0 Å². The highest BCUT2D eigenvalue weighted by molar-refractivity contribution is 5.80. The SMILES string of the molecule is CC1(C)OC2C(N3CNc4c(N)ncnc43)OC(CO)[C@H]2O1. The van der Waals surface area contributed by atoms with Crippen LogP contribution in [0.4, 0.5) is 17.3 Å². The number of nitrogen functional groups attached to an aromatic ring is 1. The van der Waals surface area contributed by atoms with E-state index in [4.69, 9.17) is 19.9 Å². The zero-order valence-electron chi connectivity index (χ0n) is 12.4. The Morgan fingerprint density at radius 3 is 2.95 bits per heavy atom. The van der Waals surface area contributed by atoms with Crippen LogP contribution in [0.25, 0.3) is 0 Å². The highest BCUT2D eigenvalue weighted by Gasteiger charge is 2.57. The van der Waals surface area contributed by atoms with Crippen molar-refractivity contribution < 1.29 is 19.3 Å². The fourth-order valence-electron chi connectivity index (χ4n) is 3.28. The summed E-state index contributed by atoms with van der Waals surface area (Å²) in [6, 6.07) is 0. The van der Waals surface area contributed by atoms with Crippen LogP contribution in [0.5, 0.6) is 0 Å². The van der Waals surface area contributed by atoms with Crippen molar-refractivity contribution in [3.05, 3.63) is 6.33 Å². The third-order valence-corrected chi connectivity index (χ3v) is 4.17. The van der Waals surface area contributed by atoms with E-state index in [1.165, 1.54) is 6.33 Å². The maximum absolute atomic E-state index is 9.54. The van der Waals surface area contributed by atoms with E-state index < -0.39 is 18.1 Å². The Morgan fingerprint density at radius 2 is 2.18 bits per heavy atom. The molecular formula is C13H19N5O4. The number of nitrogens with two attached hydrogens (primary N) is 1. The zero-order valence-corrected chi connectivity index (χ0v) is 12.4. The molecule has 1 aromatic rings. The Balaban J connectivity index is 1.66. The number of rotatable bonds is 2. The lowest BCUT2D eigenvalue weighted by Gasteiger charge is -2.29. The van der Waals surface area contributed by atoms with Crippen molar-refractivity contribution in [2.45, 2.75) is 44.2 Å². The number of hydrogen-bond donors (Lipinski definition) is 3. The predicted octanol–water partition coefficient (Wildman–Crippen LogP) is -0.514. The fourth-order valence-corrected chi connectivity index (χ4v) is 3.28. The quantitative estimate of drug-likeness (QED) is 0.664. The first-order chi connectivity index (χ1) is 10.5. The van der Waals surface area contributed by atoms with Gasteiger partial charge in [0, 0.05) is 0 Å². The minimum Gasteiger partial charge on any atom is -0.394 e. The molecule has 0 saturated carbocycles. The fraction of sp³-hybridized carbons (Fsp3) is 0.692. The molecule has 4 heterocycles. The number of hydrogen-bond acceptors (Lipinski definition) is 9. The highest BCUT2D eigenvalue weighted by atomic mass is 16.8. The molecule has 3 unspecified atom stereocenters. The number of aliphatic hydroxyl groups excluding tert-OH is 1. The number of fused-ring (bicyclic) bond motifs is 2. The van der Waals surface area contributed by atoms with Crippen LogP contribution in [0.15, 0.2) is 6.33 Å². The molecule has 0 aromatic carbocycles. The van der Waals surface area contributed by atoms with Gasteiger partial charge in [-0.3, -0.25) is 0 Å². The van der Waals surface area contributed by atoms with Crippen molar-refractivity contribution >= 4 is 17.3 Å². The van der Waals surface area contributed by atoms with Gasteiger partial charge in [0.15, 0.2) is 23.7 Å². The van der Waals surface area contributed by atoms with Gasteiger partial charge in [-0.25, -0.2) is 9.97 Å². The number of ether oxygens (including phenoxy) is 3. The number of nitrogens with one attached hydrogen (secondary N) is 1. The van der Waals surface area contributed by atoms with Gasteiger partial charge in [-0.1, -0.05) is 0 Å². The maximum atomic E-state index is 9.54. The molecule has 120 valence electrons. The average Bonchev–Trinajstić information content (AvgIpc) is 3.10. The van der Waals surface area contributed by atoms with E-state index in [1.54, 1.807) is 0 Å². The molecule has 4 rings (SSSR count). The van der Waals surface area contributed by atoms with E-state index in [0.29, 0.717) is 24.0 Å². The van der Waals surface area contributed by atoms with E-state index in [9.17, 15) is 5.11 Å². The smallest absolute Gasteiger partial charge is 0.164 e. The molecule has 2 fully saturated rings. The lowest BCUT2D eigenvalue weighted by atomic mass is 10.1. The molecule has 4 atom stereocenters. The van der Waals surface area contributed by atoms with Crippen molar-refractivity contribution in [2.24, 2.45) is 0 Å². The first-order valence-corrected chi connectivity index (χ1v) is 7.23. The first kappa shape index (κ1) is 13.9. The molecule has 0 amide bonds. The van der Waals surface area contributed by atoms with Crippen LogP contribution in [-0.2, 0) is 14.2 Å². The number of aliphatic hydroxyl groups is 1. The molecule has 22 heavy (non-hydrogen) atoms. The standard InChI is InChI=1S/C13H19N5O4/c1-13(2)21-8-6(3-19)20-12(9(8)22-13)18-5-17-7-10(14)15-4-16-11(7)18/h4,6,8-9,12,17,19H,3,5H2,1-2H3,(H2,14,15,16)/t6?,8-,9?,12?/m1/s1. The second-order valence-electron chi connectivity index (χ2n) is 6.07. The van der Waals surface area contributed by atoms with Crippen molar-refractivity contribution in [3.8, 4) is 0 Å². The summed E-state index contributed by atoms with van der Waals surface area (Å²) in [7, 11) is 0. The van der Waals surface area contributed by atoms with Gasteiger partial charge < -0.3 is 35.3 Å². The minimum atomic E-state index is -0.703. The van der Waals surface area contributed by atoms with E-state index in [1.807, 2.05) is 18.7 Å². The normalized spacial score (nSPS) is 35.3. The zero-order chi connectivity index (χ0) is 15.5. The number of anilines is 3. The Bertz CT molecular complexity index is 598. The van der Waals surface area contributed by atoms with Gasteiger partial charge in [0.05, 0.1) is 13.3 Å². The molecule has 9 nitrogen and oxygen atoms in total. The molecule has 0 radical (unpaired) electrons. The monoisotopic (exact) mass is 309 g/mol. The van der Waals surface area contributed by atoms with Crippen molar-refractivity contribution in [1.82, 2.24) is 9.97 Å². The highest BCUT2D eigenvalue weighted by Crippen LogP contribution is 2.43. The summed E-state index contributed by atoms with van der Waals surface area (Å²) in [5.41, 5.74) is 6.55. The maximum Gasteiger partial charge on any atom is 0.164 e. The van der Waals surface area contributed by atoms with E-state index in [2.05, 4.69) is 15.3 Å². The van der Waals surface area contributed by atoms with Gasteiger partial charge in [-0.15, -0.1) is 0 Å². The molecule has 3 aliphatic rings. The van der Waals surface area contributed by atoms with E-state index in [-0.39, 0.29) is 18.8 Å². The van der Waals surface area contributed by atoms with Gasteiger partial charge in [-0.2, -0.15) is 0 Å². The molecule has 0 bridgehead atoms. The van der Waals surface area contributed by atoms with Crippen LogP contribution >= 0.6 is 0 Å². The average molecular weight is 309 g/mol. The summed E-state index contributed by atoms with van der Waals surface area (Å²) >= 11 is 0. The van der Waals surface area contributed by atoms with E-state index in [0.717, 1.165) is 0 Å². The third-order valence-electron chi connectivity index (χ3n) is 4.17. The van der Waals surface area contributed by atoms with Gasteiger partial charge in [0.2, 0.25) is 0 Å². The van der Waals surface area contributed by atoms with Gasteiger partial charge in [0.25, 0.3) is 0 Å². The summed E-state index contributed by atoms with van der Waals surface area (Å²) in [6.45, 7) is 4.06. The van der Waals surface area contributed by atoms with Gasteiger partial charge >= 0.3 is 0 Å². The van der Waals surface area contributed by atoms with Crippen molar-refractivity contribution in [3.63, 3.8) is 0 Å². The molecule has 2 saturated heterocycles. The predicted molar refractivity (Wildman–Crippen MR) is 77.0 cm³/mol. The number of nitrogens with zero attached hydrogens (tertiary/aromatic N) is 3. The molecule has 1 aromatic heterocycles. The Kier molecular flexibility index (Phi) is 2.95. The van der Waals surface area contributed by atoms with Crippen LogP contribution < -0.4 is 16.0 Å². The molecule has 3 aliphatic heterocycles. The summed E-state index contributed by atoms with van der Waals surface area (Å²) in [5, 5.41) is 12.7. The molecule has 4 N–H and O–H groups in total.